The molecule has 2 N–H and O–H groups in total. The third-order valence-electron chi connectivity index (χ3n) is 5.08. The molecule has 0 saturated heterocycles. The van der Waals surface area contributed by atoms with E-state index in [1.165, 1.54) is 30.6 Å². The van der Waals surface area contributed by atoms with Crippen molar-refractivity contribution >= 4 is 24.0 Å². The topological polar surface area (TPSA) is 105 Å². The number of hydrogen-bond donors (Lipinski definition) is 2. The maximum Gasteiger partial charge on any atom is 0.290 e. The molecule has 0 radical (unpaired) electrons. The summed E-state index contributed by atoms with van der Waals surface area (Å²) in [5.74, 6) is -1.27. The molecular formula is C23H24FN7O2. The summed E-state index contributed by atoms with van der Waals surface area (Å²) in [5, 5.41) is 6.34. The van der Waals surface area contributed by atoms with Gasteiger partial charge in [-0.15, -0.1) is 0 Å². The molecule has 0 spiro atoms. The van der Waals surface area contributed by atoms with E-state index in [1.807, 2.05) is 6.20 Å². The van der Waals surface area contributed by atoms with Gasteiger partial charge in [-0.3, -0.25) is 9.59 Å². The number of benzene rings is 1. The fourth-order valence-electron chi connectivity index (χ4n) is 3.25. The Morgan fingerprint density at radius 2 is 2.03 bits per heavy atom. The van der Waals surface area contributed by atoms with Crippen molar-refractivity contribution in [2.45, 2.75) is 25.7 Å². The average Bonchev–Trinajstić information content (AvgIpc) is 3.51. The van der Waals surface area contributed by atoms with Gasteiger partial charge in [0.1, 0.15) is 23.7 Å². The van der Waals surface area contributed by atoms with E-state index in [0.717, 1.165) is 18.5 Å². The number of imidazole rings is 1. The minimum Gasteiger partial charge on any atom is -0.367 e. The van der Waals surface area contributed by atoms with Crippen LogP contribution < -0.4 is 10.7 Å². The number of aromatic nitrogens is 3. The lowest BCUT2D eigenvalue weighted by Gasteiger charge is -2.11. The van der Waals surface area contributed by atoms with E-state index in [2.05, 4.69) is 25.8 Å². The number of nitrogens with zero attached hydrogens (tertiary/aromatic N) is 5. The van der Waals surface area contributed by atoms with E-state index in [1.54, 1.807) is 42.9 Å². The lowest BCUT2D eigenvalue weighted by atomic mass is 10.1. The maximum absolute atomic E-state index is 14.7. The number of halogens is 1. The van der Waals surface area contributed by atoms with Crippen LogP contribution in [-0.2, 0) is 0 Å². The molecule has 1 saturated carbocycles. The van der Waals surface area contributed by atoms with E-state index >= 15 is 0 Å². The third kappa shape index (κ3) is 5.22. The number of nitrogens with one attached hydrogen (secondary N) is 2. The molecule has 2 heterocycles. The number of hydrogen-bond acceptors (Lipinski definition) is 5. The van der Waals surface area contributed by atoms with E-state index in [-0.39, 0.29) is 17.1 Å². The number of anilines is 1. The molecule has 0 bridgehead atoms. The first-order valence-corrected chi connectivity index (χ1v) is 10.4. The van der Waals surface area contributed by atoms with Crippen LogP contribution in [0.1, 0.15) is 50.9 Å². The summed E-state index contributed by atoms with van der Waals surface area (Å²) in [4.78, 5) is 35.2. The monoisotopic (exact) mass is 449 g/mol. The van der Waals surface area contributed by atoms with E-state index in [4.69, 9.17) is 0 Å². The molecule has 1 aliphatic rings. The number of rotatable bonds is 7. The highest BCUT2D eigenvalue weighted by atomic mass is 19.1. The quantitative estimate of drug-likeness (QED) is 0.328. The number of carbonyl (C=O) groups excluding carboxylic acids is 2. The SMILES string of the molecule is Cc1cc(F)c(C(=O)Nc2cccc(C(=O)N/N=C/N(C)C)n2)cc1-n1cnc(C2CC2)c1. The van der Waals surface area contributed by atoms with Crippen molar-refractivity contribution in [2.24, 2.45) is 5.10 Å². The number of pyridine rings is 1. The Balaban J connectivity index is 1.53. The van der Waals surface area contributed by atoms with Crippen molar-refractivity contribution in [3.63, 3.8) is 0 Å². The average molecular weight is 449 g/mol. The Hall–Kier alpha value is -4.08. The first-order valence-electron chi connectivity index (χ1n) is 10.4. The largest absolute Gasteiger partial charge is 0.367 e. The van der Waals surface area contributed by atoms with Gasteiger partial charge in [-0.05, 0) is 49.6 Å². The minimum atomic E-state index is -0.674. The molecule has 2 aromatic heterocycles. The van der Waals surface area contributed by atoms with Crippen LogP contribution in [0.4, 0.5) is 10.2 Å². The predicted octanol–water partition coefficient (Wildman–Crippen LogP) is 3.08. The highest BCUT2D eigenvalue weighted by molar-refractivity contribution is 6.04. The maximum atomic E-state index is 14.7. The van der Waals surface area contributed by atoms with Gasteiger partial charge in [0.05, 0.1) is 23.3 Å². The van der Waals surface area contributed by atoms with Crippen LogP contribution in [0.25, 0.3) is 5.69 Å². The van der Waals surface area contributed by atoms with Crippen LogP contribution in [-0.4, -0.2) is 51.7 Å². The van der Waals surface area contributed by atoms with Crippen LogP contribution in [0.2, 0.25) is 0 Å². The molecular weight excluding hydrogens is 425 g/mol. The van der Waals surface area contributed by atoms with E-state index in [9.17, 15) is 14.0 Å². The van der Waals surface area contributed by atoms with Crippen LogP contribution in [0.15, 0.2) is 48.0 Å². The summed E-state index contributed by atoms with van der Waals surface area (Å²) in [6, 6.07) is 7.38. The molecule has 33 heavy (non-hydrogen) atoms. The van der Waals surface area contributed by atoms with Gasteiger partial charge in [0.2, 0.25) is 0 Å². The third-order valence-corrected chi connectivity index (χ3v) is 5.08. The fraction of sp³-hybridized carbons (Fsp3) is 0.261. The van der Waals surface area contributed by atoms with Gasteiger partial charge < -0.3 is 14.8 Å². The van der Waals surface area contributed by atoms with E-state index < -0.39 is 17.6 Å². The van der Waals surface area contributed by atoms with Crippen LogP contribution >= 0.6 is 0 Å². The van der Waals surface area contributed by atoms with Gasteiger partial charge in [0.15, 0.2) is 0 Å². The highest BCUT2D eigenvalue weighted by Gasteiger charge is 2.26. The summed E-state index contributed by atoms with van der Waals surface area (Å²) in [7, 11) is 3.52. The van der Waals surface area contributed by atoms with E-state index in [0.29, 0.717) is 17.2 Å². The van der Waals surface area contributed by atoms with Crippen molar-refractivity contribution in [3.8, 4) is 5.69 Å². The smallest absolute Gasteiger partial charge is 0.290 e. The number of aryl methyl sites for hydroxylation is 1. The molecule has 4 rings (SSSR count). The zero-order valence-electron chi connectivity index (χ0n) is 18.5. The second-order valence-electron chi connectivity index (χ2n) is 8.11. The summed E-state index contributed by atoms with van der Waals surface area (Å²) in [5.41, 5.74) is 4.61. The first-order chi connectivity index (χ1) is 15.8. The zero-order chi connectivity index (χ0) is 23.5. The highest BCUT2D eigenvalue weighted by Crippen LogP contribution is 2.39. The summed E-state index contributed by atoms with van der Waals surface area (Å²) < 4.78 is 16.5. The lowest BCUT2D eigenvalue weighted by Crippen LogP contribution is -2.22. The Labute approximate surface area is 190 Å². The Bertz CT molecular complexity index is 1230. The Morgan fingerprint density at radius 3 is 2.76 bits per heavy atom. The minimum absolute atomic E-state index is 0.0554. The Morgan fingerprint density at radius 1 is 1.24 bits per heavy atom. The van der Waals surface area contributed by atoms with Gasteiger partial charge in [0.25, 0.3) is 11.8 Å². The molecule has 0 aliphatic heterocycles. The molecule has 0 atom stereocenters. The summed E-state index contributed by atoms with van der Waals surface area (Å²) >= 11 is 0. The molecule has 2 amide bonds. The summed E-state index contributed by atoms with van der Waals surface area (Å²) in [6.45, 7) is 1.78. The molecule has 10 heteroatoms. The van der Waals surface area contributed by atoms with Crippen molar-refractivity contribution in [1.82, 2.24) is 24.9 Å². The normalized spacial score (nSPS) is 13.2. The van der Waals surface area contributed by atoms with Crippen molar-refractivity contribution in [1.29, 1.82) is 0 Å². The molecule has 170 valence electrons. The predicted molar refractivity (Wildman–Crippen MR) is 122 cm³/mol. The Kier molecular flexibility index (Phi) is 6.16. The first kappa shape index (κ1) is 22.1. The summed E-state index contributed by atoms with van der Waals surface area (Å²) in [6.07, 6.45) is 7.27. The molecule has 1 fully saturated rings. The number of amides is 2. The van der Waals surface area contributed by atoms with Crippen molar-refractivity contribution in [3.05, 3.63) is 71.2 Å². The van der Waals surface area contributed by atoms with Gasteiger partial charge in [-0.2, -0.15) is 5.10 Å². The molecule has 1 aromatic carbocycles. The van der Waals surface area contributed by atoms with Crippen LogP contribution in [0.3, 0.4) is 0 Å². The van der Waals surface area contributed by atoms with Crippen LogP contribution in [0.5, 0.6) is 0 Å². The molecule has 3 aromatic rings. The lowest BCUT2D eigenvalue weighted by molar-refractivity contribution is 0.0948. The zero-order valence-corrected chi connectivity index (χ0v) is 18.5. The fourth-order valence-corrected chi connectivity index (χ4v) is 3.25. The standard InChI is InChI=1S/C23H24FN7O2/c1-14-9-17(24)16(10-20(14)31-11-19(25-12-31)15-7-8-15)22(32)28-21-6-4-5-18(27-21)23(33)29-26-13-30(2)3/h4-6,9-13,15H,7-8H2,1-3H3,(H,29,33)(H,27,28,32)/b26-13+. The van der Waals surface area contributed by atoms with Crippen molar-refractivity contribution in [2.75, 3.05) is 19.4 Å². The molecule has 9 nitrogen and oxygen atoms in total. The second kappa shape index (κ2) is 9.19. The van der Waals surface area contributed by atoms with Gasteiger partial charge >= 0.3 is 0 Å². The van der Waals surface area contributed by atoms with Gasteiger partial charge in [0, 0.05) is 26.2 Å². The van der Waals surface area contributed by atoms with Crippen LogP contribution in [0, 0.1) is 12.7 Å². The second-order valence-corrected chi connectivity index (χ2v) is 8.11. The molecule has 1 aliphatic carbocycles. The number of carbonyl (C=O) groups is 2. The number of hydrazone groups is 1. The molecule has 0 unspecified atom stereocenters. The van der Waals surface area contributed by atoms with Crippen molar-refractivity contribution < 1.29 is 14.0 Å². The van der Waals surface area contributed by atoms with Gasteiger partial charge in [-0.1, -0.05) is 6.07 Å². The van der Waals surface area contributed by atoms with Gasteiger partial charge in [-0.25, -0.2) is 19.8 Å².